The zero-order valence-corrected chi connectivity index (χ0v) is 8.41. The predicted octanol–water partition coefficient (Wildman–Crippen LogP) is 3.18. The molecule has 1 unspecified atom stereocenters. The molecule has 90 valence electrons. The maximum absolute atomic E-state index is 13.2. The predicted molar refractivity (Wildman–Crippen MR) is 48.8 cm³/mol. The lowest BCUT2D eigenvalue weighted by Crippen LogP contribution is -2.35. The molecule has 1 nitrogen and oxygen atoms in total. The second-order valence-electron chi connectivity index (χ2n) is 3.17. The van der Waals surface area contributed by atoms with Crippen molar-refractivity contribution in [3.05, 3.63) is 35.4 Å². The van der Waals surface area contributed by atoms with E-state index in [1.165, 1.54) is 6.92 Å². The van der Waals surface area contributed by atoms with Gasteiger partial charge in [-0.3, -0.25) is 0 Å². The summed E-state index contributed by atoms with van der Waals surface area (Å²) in [7, 11) is 0. The molecule has 0 spiro atoms. The van der Waals surface area contributed by atoms with Gasteiger partial charge in [-0.1, -0.05) is 13.0 Å². The molecule has 6 heteroatoms. The van der Waals surface area contributed by atoms with Crippen LogP contribution in [-0.4, -0.2) is 12.7 Å². The number of nitrogens with one attached hydrogen (secondary N) is 1. The second kappa shape index (κ2) is 4.78. The number of rotatable bonds is 3. The molecule has 16 heavy (non-hydrogen) atoms. The first kappa shape index (κ1) is 12.9. The van der Waals surface area contributed by atoms with E-state index in [0.717, 1.165) is 18.2 Å². The van der Waals surface area contributed by atoms with E-state index in [4.69, 9.17) is 0 Å². The van der Waals surface area contributed by atoms with E-state index in [2.05, 4.69) is 0 Å². The van der Waals surface area contributed by atoms with Gasteiger partial charge < -0.3 is 5.32 Å². The van der Waals surface area contributed by atoms with Crippen molar-refractivity contribution in [1.82, 2.24) is 5.32 Å². The molecule has 0 heterocycles. The SMILES string of the molecule is CCNC(c1c(F)cccc1F)C(F)(F)F. The molecule has 0 saturated heterocycles. The molecule has 0 saturated carbocycles. The smallest absolute Gasteiger partial charge is 0.303 e. The minimum Gasteiger partial charge on any atom is -0.303 e. The average molecular weight is 239 g/mol. The standard InChI is InChI=1S/C10H10F5N/c1-2-16-9(10(13,14)15)8-6(11)4-3-5-7(8)12/h3-5,9,16H,2H2,1H3. The van der Waals surface area contributed by atoms with Gasteiger partial charge in [0.1, 0.15) is 17.7 Å². The maximum atomic E-state index is 13.2. The van der Waals surface area contributed by atoms with Gasteiger partial charge >= 0.3 is 6.18 Å². The Morgan fingerprint density at radius 1 is 1.19 bits per heavy atom. The second-order valence-corrected chi connectivity index (χ2v) is 3.17. The van der Waals surface area contributed by atoms with Gasteiger partial charge in [0.25, 0.3) is 0 Å². The number of hydrogen-bond donors (Lipinski definition) is 1. The molecule has 1 aromatic rings. The molecule has 0 amide bonds. The van der Waals surface area contributed by atoms with Gasteiger partial charge in [0, 0.05) is 5.56 Å². The Morgan fingerprint density at radius 2 is 1.69 bits per heavy atom. The summed E-state index contributed by atoms with van der Waals surface area (Å²) in [5, 5.41) is 2.02. The van der Waals surface area contributed by atoms with E-state index < -0.39 is 29.4 Å². The minimum absolute atomic E-state index is 0.0437. The van der Waals surface area contributed by atoms with Crippen molar-refractivity contribution in [2.75, 3.05) is 6.54 Å². The molecule has 0 radical (unpaired) electrons. The minimum atomic E-state index is -4.74. The monoisotopic (exact) mass is 239 g/mol. The lowest BCUT2D eigenvalue weighted by Gasteiger charge is -2.22. The first-order chi connectivity index (χ1) is 7.38. The quantitative estimate of drug-likeness (QED) is 0.799. The Labute approximate surface area is 89.3 Å². The Balaban J connectivity index is 3.21. The summed E-state index contributed by atoms with van der Waals surface area (Å²) in [4.78, 5) is 0. The molecule has 1 atom stereocenters. The molecule has 0 aromatic heterocycles. The van der Waals surface area contributed by atoms with Crippen molar-refractivity contribution in [3.8, 4) is 0 Å². The Kier molecular flexibility index (Phi) is 3.85. The first-order valence-electron chi connectivity index (χ1n) is 4.62. The summed E-state index contributed by atoms with van der Waals surface area (Å²) in [5.41, 5.74) is -0.989. The van der Waals surface area contributed by atoms with Crippen LogP contribution in [0.25, 0.3) is 0 Å². The summed E-state index contributed by atoms with van der Waals surface area (Å²) in [6.45, 7) is 1.38. The van der Waals surface area contributed by atoms with Crippen LogP contribution in [0.15, 0.2) is 18.2 Å². The van der Waals surface area contributed by atoms with Crippen LogP contribution in [0.2, 0.25) is 0 Å². The summed E-state index contributed by atoms with van der Waals surface area (Å²) in [5.74, 6) is -2.41. The molecule has 1 rings (SSSR count). The first-order valence-corrected chi connectivity index (χ1v) is 4.62. The van der Waals surface area contributed by atoms with Gasteiger partial charge in [-0.25, -0.2) is 8.78 Å². The third kappa shape index (κ3) is 2.69. The third-order valence-electron chi connectivity index (χ3n) is 2.02. The Hall–Kier alpha value is -1.17. The van der Waals surface area contributed by atoms with E-state index in [9.17, 15) is 22.0 Å². The van der Waals surface area contributed by atoms with E-state index in [1.54, 1.807) is 0 Å². The fraction of sp³-hybridized carbons (Fsp3) is 0.400. The van der Waals surface area contributed by atoms with Crippen LogP contribution in [0.1, 0.15) is 18.5 Å². The molecule has 0 fully saturated rings. The van der Waals surface area contributed by atoms with Crippen molar-refractivity contribution in [3.63, 3.8) is 0 Å². The molecule has 1 N–H and O–H groups in total. The van der Waals surface area contributed by atoms with Crippen LogP contribution >= 0.6 is 0 Å². The topological polar surface area (TPSA) is 12.0 Å². The highest BCUT2D eigenvalue weighted by Gasteiger charge is 2.43. The number of benzene rings is 1. The van der Waals surface area contributed by atoms with Crippen LogP contribution in [-0.2, 0) is 0 Å². The highest BCUT2D eigenvalue weighted by Crippen LogP contribution is 2.35. The van der Waals surface area contributed by atoms with Crippen LogP contribution in [0, 0.1) is 11.6 Å². The van der Waals surface area contributed by atoms with Gasteiger partial charge in [0.2, 0.25) is 0 Å². The van der Waals surface area contributed by atoms with Gasteiger partial charge in [0.05, 0.1) is 0 Å². The molecular formula is C10H10F5N. The van der Waals surface area contributed by atoms with Crippen molar-refractivity contribution in [2.24, 2.45) is 0 Å². The Bertz CT molecular complexity index is 340. The summed E-state index contributed by atoms with van der Waals surface area (Å²) < 4.78 is 64.0. The van der Waals surface area contributed by atoms with Crippen LogP contribution in [0.4, 0.5) is 22.0 Å². The van der Waals surface area contributed by atoms with E-state index in [1.807, 2.05) is 5.32 Å². The highest BCUT2D eigenvalue weighted by molar-refractivity contribution is 5.24. The lowest BCUT2D eigenvalue weighted by atomic mass is 10.1. The molecular weight excluding hydrogens is 229 g/mol. The van der Waals surface area contributed by atoms with E-state index >= 15 is 0 Å². The van der Waals surface area contributed by atoms with Crippen molar-refractivity contribution >= 4 is 0 Å². The van der Waals surface area contributed by atoms with Crippen molar-refractivity contribution in [1.29, 1.82) is 0 Å². The normalized spacial score (nSPS) is 13.9. The van der Waals surface area contributed by atoms with Gasteiger partial charge in [0.15, 0.2) is 0 Å². The number of halogens is 5. The molecule has 0 aliphatic rings. The number of alkyl halides is 3. The zero-order valence-electron chi connectivity index (χ0n) is 8.41. The van der Waals surface area contributed by atoms with Crippen LogP contribution in [0.3, 0.4) is 0 Å². The summed E-state index contributed by atoms with van der Waals surface area (Å²) >= 11 is 0. The average Bonchev–Trinajstić information content (AvgIpc) is 2.14. The fourth-order valence-corrected chi connectivity index (χ4v) is 1.37. The molecule has 0 bridgehead atoms. The molecule has 1 aromatic carbocycles. The lowest BCUT2D eigenvalue weighted by molar-refractivity contribution is -0.158. The fourth-order valence-electron chi connectivity index (χ4n) is 1.37. The molecule has 0 aliphatic carbocycles. The zero-order chi connectivity index (χ0) is 12.3. The van der Waals surface area contributed by atoms with Crippen molar-refractivity contribution in [2.45, 2.75) is 19.1 Å². The summed E-state index contributed by atoms with van der Waals surface area (Å²) in [6.07, 6.45) is -4.74. The number of hydrogen-bond acceptors (Lipinski definition) is 1. The van der Waals surface area contributed by atoms with Crippen LogP contribution in [0.5, 0.6) is 0 Å². The Morgan fingerprint density at radius 3 is 2.06 bits per heavy atom. The van der Waals surface area contributed by atoms with E-state index in [-0.39, 0.29) is 6.54 Å². The van der Waals surface area contributed by atoms with Gasteiger partial charge in [-0.05, 0) is 18.7 Å². The maximum Gasteiger partial charge on any atom is 0.408 e. The van der Waals surface area contributed by atoms with Gasteiger partial charge in [-0.2, -0.15) is 13.2 Å². The summed E-state index contributed by atoms with van der Waals surface area (Å²) in [6, 6.07) is 0.301. The third-order valence-corrected chi connectivity index (χ3v) is 2.02. The largest absolute Gasteiger partial charge is 0.408 e. The van der Waals surface area contributed by atoms with E-state index in [0.29, 0.717) is 0 Å². The highest BCUT2D eigenvalue weighted by atomic mass is 19.4. The molecule has 0 aliphatic heterocycles. The van der Waals surface area contributed by atoms with Crippen molar-refractivity contribution < 1.29 is 22.0 Å². The van der Waals surface area contributed by atoms with Crippen LogP contribution < -0.4 is 5.32 Å². The van der Waals surface area contributed by atoms with Gasteiger partial charge in [-0.15, -0.1) is 0 Å².